The van der Waals surface area contributed by atoms with Crippen LogP contribution < -0.4 is 0 Å². The summed E-state index contributed by atoms with van der Waals surface area (Å²) >= 11 is 0. The molecule has 1 rings (SSSR count). The molecule has 1 aromatic carbocycles. The summed E-state index contributed by atoms with van der Waals surface area (Å²) in [7, 11) is 0. The molecule has 0 bridgehead atoms. The van der Waals surface area contributed by atoms with E-state index < -0.39 is 11.9 Å². The topological polar surface area (TPSA) is 80.7 Å². The Balaban J connectivity index is 2.75. The fourth-order valence-electron chi connectivity index (χ4n) is 1.39. The monoisotopic (exact) mass is 262 g/mol. The van der Waals surface area contributed by atoms with Gasteiger partial charge in [-0.05, 0) is 6.08 Å². The Hall–Kier alpha value is -2.43. The van der Waals surface area contributed by atoms with Crippen LogP contribution in [0.25, 0.3) is 0 Å². The SMILES string of the molecule is CC(=O)OCC/C(=C\C(=O)c1ccccc1)C(=O)O. The average Bonchev–Trinajstić information content (AvgIpc) is 2.37. The first-order valence-electron chi connectivity index (χ1n) is 5.67. The van der Waals surface area contributed by atoms with Gasteiger partial charge in [0, 0.05) is 24.5 Å². The first kappa shape index (κ1) is 14.6. The van der Waals surface area contributed by atoms with E-state index in [0.29, 0.717) is 5.56 Å². The zero-order valence-corrected chi connectivity index (χ0v) is 10.5. The number of hydrogen-bond acceptors (Lipinski definition) is 4. The highest BCUT2D eigenvalue weighted by atomic mass is 16.5. The summed E-state index contributed by atoms with van der Waals surface area (Å²) in [6.45, 7) is 1.18. The molecule has 0 aliphatic rings. The maximum Gasteiger partial charge on any atom is 0.331 e. The van der Waals surface area contributed by atoms with E-state index in [9.17, 15) is 14.4 Å². The number of carboxylic acids is 1. The number of benzene rings is 1. The number of carboxylic acid groups (broad SMARTS) is 1. The van der Waals surface area contributed by atoms with Crippen LogP contribution in [0.5, 0.6) is 0 Å². The lowest BCUT2D eigenvalue weighted by molar-refractivity contribution is -0.141. The zero-order valence-electron chi connectivity index (χ0n) is 10.5. The molecule has 0 aliphatic carbocycles. The van der Waals surface area contributed by atoms with E-state index in [1.807, 2.05) is 0 Å². The smallest absolute Gasteiger partial charge is 0.331 e. The van der Waals surface area contributed by atoms with Crippen LogP contribution in [0.2, 0.25) is 0 Å². The van der Waals surface area contributed by atoms with Crippen molar-refractivity contribution in [1.29, 1.82) is 0 Å². The molecule has 0 aromatic heterocycles. The number of carbonyl (C=O) groups is 3. The third-order valence-electron chi connectivity index (χ3n) is 2.32. The van der Waals surface area contributed by atoms with Crippen molar-refractivity contribution in [2.45, 2.75) is 13.3 Å². The van der Waals surface area contributed by atoms with Gasteiger partial charge in [0.15, 0.2) is 5.78 Å². The van der Waals surface area contributed by atoms with E-state index in [4.69, 9.17) is 5.11 Å². The molecule has 100 valence electrons. The minimum absolute atomic E-state index is 0.00646. The second-order valence-corrected chi connectivity index (χ2v) is 3.80. The lowest BCUT2D eigenvalue weighted by Gasteiger charge is -2.03. The molecular weight excluding hydrogens is 248 g/mol. The van der Waals surface area contributed by atoms with E-state index in [0.717, 1.165) is 6.08 Å². The van der Waals surface area contributed by atoms with Crippen LogP contribution >= 0.6 is 0 Å². The summed E-state index contributed by atoms with van der Waals surface area (Å²) in [5, 5.41) is 8.97. The lowest BCUT2D eigenvalue weighted by atomic mass is 10.1. The molecule has 0 aliphatic heterocycles. The maximum absolute atomic E-state index is 11.8. The highest BCUT2D eigenvalue weighted by Gasteiger charge is 2.11. The average molecular weight is 262 g/mol. The van der Waals surface area contributed by atoms with E-state index in [-0.39, 0.29) is 24.4 Å². The van der Waals surface area contributed by atoms with Crippen molar-refractivity contribution in [2.75, 3.05) is 6.61 Å². The fraction of sp³-hybridized carbons (Fsp3) is 0.214. The largest absolute Gasteiger partial charge is 0.478 e. The molecule has 0 saturated carbocycles. The molecule has 0 atom stereocenters. The Morgan fingerprint density at radius 2 is 1.84 bits per heavy atom. The van der Waals surface area contributed by atoms with E-state index in [1.54, 1.807) is 30.3 Å². The van der Waals surface area contributed by atoms with Crippen LogP contribution in [-0.4, -0.2) is 29.4 Å². The number of esters is 1. The molecule has 0 amide bonds. The number of hydrogen-bond donors (Lipinski definition) is 1. The highest BCUT2D eigenvalue weighted by Crippen LogP contribution is 2.07. The molecule has 0 heterocycles. The Morgan fingerprint density at radius 1 is 1.21 bits per heavy atom. The molecule has 0 fully saturated rings. The number of allylic oxidation sites excluding steroid dienone is 1. The van der Waals surface area contributed by atoms with Gasteiger partial charge in [-0.3, -0.25) is 9.59 Å². The van der Waals surface area contributed by atoms with Gasteiger partial charge in [-0.2, -0.15) is 0 Å². The summed E-state index contributed by atoms with van der Waals surface area (Å²) in [6.07, 6.45) is 1.05. The van der Waals surface area contributed by atoms with Gasteiger partial charge < -0.3 is 9.84 Å². The van der Waals surface area contributed by atoms with Crippen LogP contribution in [-0.2, 0) is 14.3 Å². The molecule has 1 aromatic rings. The van der Waals surface area contributed by atoms with Gasteiger partial charge >= 0.3 is 11.9 Å². The molecule has 19 heavy (non-hydrogen) atoms. The third-order valence-corrected chi connectivity index (χ3v) is 2.32. The second-order valence-electron chi connectivity index (χ2n) is 3.80. The van der Waals surface area contributed by atoms with E-state index >= 15 is 0 Å². The van der Waals surface area contributed by atoms with Crippen molar-refractivity contribution in [1.82, 2.24) is 0 Å². The van der Waals surface area contributed by atoms with Gasteiger partial charge in [0.2, 0.25) is 0 Å². The second kappa shape index (κ2) is 7.10. The van der Waals surface area contributed by atoms with Gasteiger partial charge in [0.25, 0.3) is 0 Å². The number of ether oxygens (including phenoxy) is 1. The van der Waals surface area contributed by atoms with Crippen LogP contribution in [0, 0.1) is 0 Å². The molecule has 0 spiro atoms. The van der Waals surface area contributed by atoms with Gasteiger partial charge in [-0.15, -0.1) is 0 Å². The molecular formula is C14H14O5. The Bertz CT molecular complexity index is 502. The van der Waals surface area contributed by atoms with Gasteiger partial charge in [-0.1, -0.05) is 30.3 Å². The summed E-state index contributed by atoms with van der Waals surface area (Å²) < 4.78 is 4.66. The Labute approximate surface area is 110 Å². The quantitative estimate of drug-likeness (QED) is 0.480. The van der Waals surface area contributed by atoms with Gasteiger partial charge in [0.05, 0.1) is 6.61 Å². The number of carbonyl (C=O) groups excluding carboxylic acids is 2. The van der Waals surface area contributed by atoms with Crippen molar-refractivity contribution >= 4 is 17.7 Å². The lowest BCUT2D eigenvalue weighted by Crippen LogP contribution is -2.09. The Morgan fingerprint density at radius 3 is 2.37 bits per heavy atom. The highest BCUT2D eigenvalue weighted by molar-refractivity contribution is 6.08. The molecule has 0 radical (unpaired) electrons. The molecule has 1 N–H and O–H groups in total. The normalized spacial score (nSPS) is 10.9. The predicted molar refractivity (Wildman–Crippen MR) is 67.7 cm³/mol. The number of aliphatic carboxylic acids is 1. The van der Waals surface area contributed by atoms with Crippen molar-refractivity contribution in [3.63, 3.8) is 0 Å². The first-order chi connectivity index (χ1) is 9.00. The summed E-state index contributed by atoms with van der Waals surface area (Å²) in [6, 6.07) is 8.36. The van der Waals surface area contributed by atoms with Crippen LogP contribution in [0.4, 0.5) is 0 Å². The van der Waals surface area contributed by atoms with Crippen molar-refractivity contribution < 1.29 is 24.2 Å². The van der Waals surface area contributed by atoms with Crippen LogP contribution in [0.15, 0.2) is 42.0 Å². The van der Waals surface area contributed by atoms with Crippen LogP contribution in [0.1, 0.15) is 23.7 Å². The minimum atomic E-state index is -1.20. The zero-order chi connectivity index (χ0) is 14.3. The summed E-state index contributed by atoms with van der Waals surface area (Å²) in [5.74, 6) is -2.07. The Kier molecular flexibility index (Phi) is 5.47. The van der Waals surface area contributed by atoms with Crippen molar-refractivity contribution in [2.24, 2.45) is 0 Å². The molecule has 5 heteroatoms. The first-order valence-corrected chi connectivity index (χ1v) is 5.67. The molecule has 0 saturated heterocycles. The summed E-state index contributed by atoms with van der Waals surface area (Å²) in [4.78, 5) is 33.4. The standard InChI is InChI=1S/C14H14O5/c1-10(15)19-8-7-12(14(17)18)9-13(16)11-5-3-2-4-6-11/h2-6,9H,7-8H2,1H3,(H,17,18)/b12-9+. The third kappa shape index (κ3) is 5.16. The number of rotatable bonds is 6. The van der Waals surface area contributed by atoms with Crippen molar-refractivity contribution in [3.05, 3.63) is 47.5 Å². The maximum atomic E-state index is 11.8. The summed E-state index contributed by atoms with van der Waals surface area (Å²) in [5.41, 5.74) is 0.323. The van der Waals surface area contributed by atoms with E-state index in [2.05, 4.69) is 4.74 Å². The van der Waals surface area contributed by atoms with Crippen LogP contribution in [0.3, 0.4) is 0 Å². The minimum Gasteiger partial charge on any atom is -0.478 e. The predicted octanol–water partition coefficient (Wildman–Crippen LogP) is 1.83. The fourth-order valence-corrected chi connectivity index (χ4v) is 1.39. The van der Waals surface area contributed by atoms with Gasteiger partial charge in [0.1, 0.15) is 0 Å². The number of ketones is 1. The van der Waals surface area contributed by atoms with Crippen molar-refractivity contribution in [3.8, 4) is 0 Å². The van der Waals surface area contributed by atoms with E-state index in [1.165, 1.54) is 6.92 Å². The molecule has 5 nitrogen and oxygen atoms in total. The van der Waals surface area contributed by atoms with Gasteiger partial charge in [-0.25, -0.2) is 4.79 Å². The molecule has 0 unspecified atom stereocenters.